The Labute approximate surface area is 211 Å². The van der Waals surface area contributed by atoms with Crippen LogP contribution in [0.2, 0.25) is 0 Å². The van der Waals surface area contributed by atoms with Gasteiger partial charge in [-0.05, 0) is 53.9 Å². The predicted molar refractivity (Wildman–Crippen MR) is 140 cm³/mol. The fraction of sp³-hybridized carbons (Fsp3) is 0.464. The molecule has 0 radical (unpaired) electrons. The van der Waals surface area contributed by atoms with Gasteiger partial charge in [0.05, 0.1) is 12.2 Å². The number of rotatable bonds is 9. The van der Waals surface area contributed by atoms with E-state index in [0.717, 1.165) is 53.8 Å². The van der Waals surface area contributed by atoms with Crippen LogP contribution in [0.4, 0.5) is 0 Å². The highest BCUT2D eigenvalue weighted by molar-refractivity contribution is 5.78. The zero-order valence-corrected chi connectivity index (χ0v) is 21.6. The van der Waals surface area contributed by atoms with E-state index in [4.69, 9.17) is 4.98 Å². The van der Waals surface area contributed by atoms with Gasteiger partial charge in [0.2, 0.25) is 5.82 Å². The van der Waals surface area contributed by atoms with E-state index < -0.39 is 0 Å². The maximum Gasteiger partial charge on any atom is 0.328 e. The number of hydrogen-bond donors (Lipinski definition) is 1. The Hall–Kier alpha value is -3.55. The van der Waals surface area contributed by atoms with Crippen LogP contribution in [-0.4, -0.2) is 34.7 Å². The molecule has 0 spiro atoms. The molecule has 36 heavy (non-hydrogen) atoms. The molecule has 3 heterocycles. The van der Waals surface area contributed by atoms with Gasteiger partial charge in [-0.2, -0.15) is 5.21 Å². The van der Waals surface area contributed by atoms with Crippen LogP contribution in [0.3, 0.4) is 0 Å². The first kappa shape index (κ1) is 24.2. The van der Waals surface area contributed by atoms with Gasteiger partial charge in [-0.15, -0.1) is 10.2 Å². The quantitative estimate of drug-likeness (QED) is 0.354. The zero-order valence-electron chi connectivity index (χ0n) is 21.6. The lowest BCUT2D eigenvalue weighted by Gasteiger charge is -2.45. The van der Waals surface area contributed by atoms with Crippen molar-refractivity contribution >= 4 is 0 Å². The van der Waals surface area contributed by atoms with Crippen LogP contribution < -0.4 is 5.69 Å². The molecule has 1 saturated carbocycles. The largest absolute Gasteiger partial charge is 0.328 e. The maximum atomic E-state index is 13.6. The number of nitrogens with one attached hydrogen (secondary N) is 1. The fourth-order valence-electron chi connectivity index (χ4n) is 5.59. The van der Waals surface area contributed by atoms with Crippen LogP contribution in [0.5, 0.6) is 0 Å². The van der Waals surface area contributed by atoms with Gasteiger partial charge >= 0.3 is 5.69 Å². The van der Waals surface area contributed by atoms with Crippen LogP contribution in [0.1, 0.15) is 64.3 Å². The molecule has 4 aromatic rings. The number of imidazole rings is 1. The highest BCUT2D eigenvalue weighted by atomic mass is 16.1. The number of aromatic amines is 1. The summed E-state index contributed by atoms with van der Waals surface area (Å²) in [6.07, 6.45) is 8.17. The van der Waals surface area contributed by atoms with Gasteiger partial charge in [0.1, 0.15) is 0 Å². The molecule has 188 valence electrons. The summed E-state index contributed by atoms with van der Waals surface area (Å²) < 4.78 is 3.96. The summed E-state index contributed by atoms with van der Waals surface area (Å²) in [5, 5.41) is 14.4. The van der Waals surface area contributed by atoms with Crippen LogP contribution in [0.25, 0.3) is 22.6 Å². The van der Waals surface area contributed by atoms with Crippen molar-refractivity contribution in [3.05, 3.63) is 70.5 Å². The lowest BCUT2D eigenvalue weighted by Crippen LogP contribution is -2.43. The third-order valence-corrected chi connectivity index (χ3v) is 7.84. The van der Waals surface area contributed by atoms with E-state index in [1.807, 2.05) is 45.7 Å². The minimum Gasteiger partial charge on any atom is -0.296 e. The van der Waals surface area contributed by atoms with Gasteiger partial charge in [-0.3, -0.25) is 14.1 Å². The molecule has 1 fully saturated rings. The summed E-state index contributed by atoms with van der Waals surface area (Å²) in [6, 6.07) is 12.3. The van der Waals surface area contributed by atoms with E-state index in [2.05, 4.69) is 60.6 Å². The summed E-state index contributed by atoms with van der Waals surface area (Å²) in [7, 11) is 0. The van der Waals surface area contributed by atoms with Gasteiger partial charge < -0.3 is 0 Å². The van der Waals surface area contributed by atoms with Gasteiger partial charge in [-0.1, -0.05) is 64.4 Å². The second-order valence-corrected chi connectivity index (χ2v) is 10.4. The van der Waals surface area contributed by atoms with Crippen LogP contribution in [0, 0.1) is 17.8 Å². The van der Waals surface area contributed by atoms with Crippen molar-refractivity contribution in [2.75, 3.05) is 0 Å². The Morgan fingerprint density at radius 2 is 1.94 bits per heavy atom. The molecule has 1 aliphatic rings. The summed E-state index contributed by atoms with van der Waals surface area (Å²) >= 11 is 0. The molecule has 3 atom stereocenters. The van der Waals surface area contributed by atoms with Crippen molar-refractivity contribution in [1.29, 1.82) is 0 Å². The SMILES string of the molecule is CCCCc1cn(C2CC(C(C)C)C2C)c(=O)n1Cc1ccc(-c2ccccc2-c2nn[nH]n2)nc1. The van der Waals surface area contributed by atoms with Gasteiger partial charge in [0.25, 0.3) is 0 Å². The minimum atomic E-state index is 0.103. The zero-order chi connectivity index (χ0) is 25.2. The molecule has 0 aliphatic heterocycles. The van der Waals surface area contributed by atoms with Crippen molar-refractivity contribution in [3.8, 4) is 22.6 Å². The lowest BCUT2D eigenvalue weighted by molar-refractivity contribution is 0.0550. The van der Waals surface area contributed by atoms with E-state index in [0.29, 0.717) is 36.2 Å². The molecule has 0 amide bonds. The first-order valence-corrected chi connectivity index (χ1v) is 13.1. The Morgan fingerprint density at radius 3 is 2.58 bits per heavy atom. The number of hydrogen-bond acceptors (Lipinski definition) is 5. The summed E-state index contributed by atoms with van der Waals surface area (Å²) in [4.78, 5) is 18.3. The number of H-pyrrole nitrogens is 1. The monoisotopic (exact) mass is 485 g/mol. The second kappa shape index (κ2) is 10.2. The first-order valence-electron chi connectivity index (χ1n) is 13.1. The van der Waals surface area contributed by atoms with E-state index in [1.54, 1.807) is 0 Å². The molecule has 1 N–H and O–H groups in total. The van der Waals surface area contributed by atoms with Crippen molar-refractivity contribution in [2.24, 2.45) is 17.8 Å². The third kappa shape index (κ3) is 4.52. The number of benzene rings is 1. The standard InChI is InChI=1S/C28H35N7O/c1-5-6-9-21-17-35(26-14-24(18(2)3)19(26)4)28(36)34(21)16-20-12-13-25(29-15-20)22-10-7-8-11-23(22)27-30-32-33-31-27/h7-8,10-13,15,17-19,24,26H,5-6,9,14,16H2,1-4H3,(H,30,31,32,33). The van der Waals surface area contributed by atoms with Crippen LogP contribution >= 0.6 is 0 Å². The Balaban J connectivity index is 1.41. The molecule has 5 rings (SSSR count). The van der Waals surface area contributed by atoms with Crippen LogP contribution in [0.15, 0.2) is 53.6 Å². The molecule has 0 bridgehead atoms. The number of pyridine rings is 1. The lowest BCUT2D eigenvalue weighted by atomic mass is 9.65. The second-order valence-electron chi connectivity index (χ2n) is 10.4. The molecule has 8 nitrogen and oxygen atoms in total. The van der Waals surface area contributed by atoms with Crippen molar-refractivity contribution in [1.82, 2.24) is 34.7 Å². The van der Waals surface area contributed by atoms with Gasteiger partial charge in [-0.25, -0.2) is 4.79 Å². The average molecular weight is 486 g/mol. The molecular weight excluding hydrogens is 450 g/mol. The Bertz CT molecular complexity index is 1350. The minimum absolute atomic E-state index is 0.103. The summed E-state index contributed by atoms with van der Waals surface area (Å²) in [5.74, 6) is 2.41. The van der Waals surface area contributed by atoms with E-state index >= 15 is 0 Å². The number of aryl methyl sites for hydroxylation is 1. The smallest absolute Gasteiger partial charge is 0.296 e. The average Bonchev–Trinajstić information content (AvgIpc) is 3.52. The number of unbranched alkanes of at least 4 members (excludes halogenated alkanes) is 1. The highest BCUT2D eigenvalue weighted by Gasteiger charge is 2.41. The fourth-order valence-corrected chi connectivity index (χ4v) is 5.59. The molecular formula is C28H35N7O. The van der Waals surface area contributed by atoms with E-state index in [-0.39, 0.29) is 5.69 Å². The molecule has 3 unspecified atom stereocenters. The van der Waals surface area contributed by atoms with Crippen LogP contribution in [-0.2, 0) is 13.0 Å². The summed E-state index contributed by atoms with van der Waals surface area (Å²) in [5.41, 5.74) is 4.88. The molecule has 0 saturated heterocycles. The van der Waals surface area contributed by atoms with Crippen molar-refractivity contribution in [3.63, 3.8) is 0 Å². The normalized spacial score (nSPS) is 19.5. The maximum absolute atomic E-state index is 13.6. The Morgan fingerprint density at radius 1 is 1.14 bits per heavy atom. The van der Waals surface area contributed by atoms with Gasteiger partial charge in [0, 0.05) is 35.3 Å². The highest BCUT2D eigenvalue weighted by Crippen LogP contribution is 2.47. The topological polar surface area (TPSA) is 94.3 Å². The van der Waals surface area contributed by atoms with Gasteiger partial charge in [0.15, 0.2) is 0 Å². The third-order valence-electron chi connectivity index (χ3n) is 7.84. The van der Waals surface area contributed by atoms with Crippen molar-refractivity contribution in [2.45, 2.75) is 66.0 Å². The van der Waals surface area contributed by atoms with E-state index in [9.17, 15) is 4.79 Å². The molecule has 3 aromatic heterocycles. The Kier molecular flexibility index (Phi) is 6.85. The number of nitrogens with zero attached hydrogens (tertiary/aromatic N) is 6. The number of tetrazole rings is 1. The van der Waals surface area contributed by atoms with E-state index in [1.165, 1.54) is 0 Å². The molecule has 1 aliphatic carbocycles. The molecule has 1 aromatic carbocycles. The predicted octanol–water partition coefficient (Wildman–Crippen LogP) is 5.14. The first-order chi connectivity index (χ1) is 17.5. The van der Waals surface area contributed by atoms with Crippen molar-refractivity contribution < 1.29 is 0 Å². The number of aromatic nitrogens is 7. The molecule has 8 heteroatoms. The summed E-state index contributed by atoms with van der Waals surface area (Å²) in [6.45, 7) is 9.59.